The van der Waals surface area contributed by atoms with E-state index >= 15 is 0 Å². The zero-order valence-electron chi connectivity index (χ0n) is 16.2. The Morgan fingerprint density at radius 3 is 3.00 bits per heavy atom. The molecule has 2 N–H and O–H groups in total. The maximum absolute atomic E-state index is 14.3. The van der Waals surface area contributed by atoms with Crippen LogP contribution in [0.3, 0.4) is 0 Å². The van der Waals surface area contributed by atoms with E-state index < -0.39 is 17.5 Å². The number of hydrogen-bond acceptors (Lipinski definition) is 7. The van der Waals surface area contributed by atoms with Crippen molar-refractivity contribution >= 4 is 60.7 Å². The molecule has 10 heteroatoms. The number of nitrogens with zero attached hydrogens (tertiary/aromatic N) is 1. The molecule has 3 aromatic rings. The third-order valence-corrected chi connectivity index (χ3v) is 6.07. The van der Waals surface area contributed by atoms with E-state index in [1.54, 1.807) is 30.5 Å². The first-order valence-electron chi connectivity index (χ1n) is 9.16. The van der Waals surface area contributed by atoms with Crippen LogP contribution < -0.4 is 10.8 Å². The van der Waals surface area contributed by atoms with Crippen LogP contribution in [-0.2, 0) is 14.3 Å². The largest absolute Gasteiger partial charge is 0.348 e. The van der Waals surface area contributed by atoms with Crippen LogP contribution in [0.25, 0.3) is 10.2 Å². The van der Waals surface area contributed by atoms with Gasteiger partial charge in [0.1, 0.15) is 28.4 Å². The topological polar surface area (TPSA) is 81.7 Å². The molecule has 1 aliphatic heterocycles. The van der Waals surface area contributed by atoms with Gasteiger partial charge in [0, 0.05) is 15.2 Å². The molecule has 30 heavy (non-hydrogen) atoms. The highest BCUT2D eigenvalue weighted by Crippen LogP contribution is 2.37. The number of anilines is 2. The van der Waals surface area contributed by atoms with Gasteiger partial charge in [0.05, 0.1) is 17.9 Å². The van der Waals surface area contributed by atoms with E-state index in [-0.39, 0.29) is 18.4 Å². The quantitative estimate of drug-likeness (QED) is 0.350. The summed E-state index contributed by atoms with van der Waals surface area (Å²) in [5, 5.41) is 4.15. The maximum Gasteiger partial charge on any atom is 0.278 e. The second-order valence-electron chi connectivity index (χ2n) is 7.10. The minimum Gasteiger partial charge on any atom is -0.348 e. The summed E-state index contributed by atoms with van der Waals surface area (Å²) in [5.74, 6) is -1.53. The lowest BCUT2D eigenvalue weighted by Crippen LogP contribution is -2.30. The number of rotatable bonds is 6. The van der Waals surface area contributed by atoms with Gasteiger partial charge < -0.3 is 14.8 Å². The summed E-state index contributed by atoms with van der Waals surface area (Å²) in [5.41, 5.74) is 3.06. The molecular formula is C20H19FIN3O4S. The Bertz CT molecular complexity index is 1090. The van der Waals surface area contributed by atoms with Gasteiger partial charge in [0.15, 0.2) is 5.79 Å². The van der Waals surface area contributed by atoms with Crippen molar-refractivity contribution in [1.29, 1.82) is 0 Å². The van der Waals surface area contributed by atoms with Crippen LogP contribution in [0.15, 0.2) is 36.5 Å². The Morgan fingerprint density at radius 1 is 1.43 bits per heavy atom. The second-order valence-corrected chi connectivity index (χ2v) is 9.35. The van der Waals surface area contributed by atoms with Gasteiger partial charge in [-0.3, -0.25) is 9.63 Å². The molecule has 7 nitrogen and oxygen atoms in total. The first-order chi connectivity index (χ1) is 14.3. The Morgan fingerprint density at radius 2 is 2.27 bits per heavy atom. The van der Waals surface area contributed by atoms with Crippen molar-refractivity contribution < 1.29 is 23.5 Å². The molecule has 0 radical (unpaired) electrons. The van der Waals surface area contributed by atoms with Crippen molar-refractivity contribution in [2.24, 2.45) is 0 Å². The average Bonchev–Trinajstić information content (AvgIpc) is 3.23. The minimum absolute atomic E-state index is 0.143. The number of fused-ring (bicyclic) bond motifs is 1. The molecule has 1 atom stereocenters. The number of aromatic nitrogens is 1. The van der Waals surface area contributed by atoms with E-state index in [1.807, 2.05) is 36.4 Å². The van der Waals surface area contributed by atoms with E-state index in [4.69, 9.17) is 14.3 Å². The number of hydroxylamine groups is 1. The van der Waals surface area contributed by atoms with Crippen molar-refractivity contribution in [3.05, 3.63) is 51.5 Å². The van der Waals surface area contributed by atoms with E-state index in [2.05, 4.69) is 15.8 Å². The molecular weight excluding hydrogens is 524 g/mol. The Balaban J connectivity index is 1.53. The van der Waals surface area contributed by atoms with Crippen molar-refractivity contribution in [3.8, 4) is 0 Å². The molecule has 0 saturated carbocycles. The molecule has 2 aromatic heterocycles. The SMILES string of the molecule is CC1(C)OCC(CONC(=O)c2c(Nc3ccc(I)cc3F)sc3ncccc23)O1. The maximum atomic E-state index is 14.3. The number of thiophene rings is 1. The van der Waals surface area contributed by atoms with Gasteiger partial charge in [-0.15, -0.1) is 0 Å². The van der Waals surface area contributed by atoms with Gasteiger partial charge in [-0.25, -0.2) is 14.9 Å². The molecule has 0 aliphatic carbocycles. The highest BCUT2D eigenvalue weighted by atomic mass is 127. The van der Waals surface area contributed by atoms with Gasteiger partial charge in [-0.2, -0.15) is 0 Å². The van der Waals surface area contributed by atoms with Crippen molar-refractivity contribution in [1.82, 2.24) is 10.5 Å². The lowest BCUT2D eigenvalue weighted by atomic mass is 10.2. The number of carbonyl (C=O) groups is 1. The van der Waals surface area contributed by atoms with Gasteiger partial charge in [-0.05, 0) is 66.8 Å². The third-order valence-electron chi connectivity index (χ3n) is 4.37. The number of nitrogens with one attached hydrogen (secondary N) is 2. The van der Waals surface area contributed by atoms with Gasteiger partial charge in [-0.1, -0.05) is 11.3 Å². The summed E-state index contributed by atoms with van der Waals surface area (Å²) in [6.07, 6.45) is 1.37. The highest BCUT2D eigenvalue weighted by molar-refractivity contribution is 14.1. The fourth-order valence-corrected chi connectivity index (χ4v) is 4.56. The number of ether oxygens (including phenoxy) is 2. The number of halogens is 2. The Labute approximate surface area is 190 Å². The van der Waals surface area contributed by atoms with Crippen LogP contribution in [-0.4, -0.2) is 36.0 Å². The molecule has 1 aliphatic rings. The van der Waals surface area contributed by atoms with Crippen LogP contribution in [0.2, 0.25) is 0 Å². The molecule has 1 fully saturated rings. The van der Waals surface area contributed by atoms with E-state index in [0.717, 1.165) is 3.57 Å². The van der Waals surface area contributed by atoms with Gasteiger partial charge >= 0.3 is 0 Å². The monoisotopic (exact) mass is 543 g/mol. The molecule has 0 spiro atoms. The lowest BCUT2D eigenvalue weighted by molar-refractivity contribution is -0.147. The lowest BCUT2D eigenvalue weighted by Gasteiger charge is -2.17. The third kappa shape index (κ3) is 4.72. The predicted octanol–water partition coefficient (Wildman–Crippen LogP) is 4.60. The summed E-state index contributed by atoms with van der Waals surface area (Å²) in [6, 6.07) is 8.37. The van der Waals surface area contributed by atoms with E-state index in [9.17, 15) is 9.18 Å². The van der Waals surface area contributed by atoms with Crippen molar-refractivity contribution in [3.63, 3.8) is 0 Å². The molecule has 1 saturated heterocycles. The van der Waals surface area contributed by atoms with Crippen molar-refractivity contribution in [2.45, 2.75) is 25.7 Å². The molecule has 0 bridgehead atoms. The van der Waals surface area contributed by atoms with Gasteiger partial charge in [0.25, 0.3) is 5.91 Å². The van der Waals surface area contributed by atoms with Crippen LogP contribution in [0.4, 0.5) is 15.1 Å². The zero-order valence-corrected chi connectivity index (χ0v) is 19.2. The molecule has 4 rings (SSSR count). The highest BCUT2D eigenvalue weighted by Gasteiger charge is 2.33. The molecule has 3 heterocycles. The number of carbonyl (C=O) groups excluding carboxylic acids is 1. The number of benzene rings is 1. The van der Waals surface area contributed by atoms with Crippen molar-refractivity contribution in [2.75, 3.05) is 18.5 Å². The summed E-state index contributed by atoms with van der Waals surface area (Å²) >= 11 is 3.31. The number of hydrogen-bond donors (Lipinski definition) is 2. The van der Waals surface area contributed by atoms with E-state index in [0.29, 0.717) is 27.4 Å². The Hall–Kier alpha value is -1.86. The fourth-order valence-electron chi connectivity index (χ4n) is 3.06. The number of pyridine rings is 1. The zero-order chi connectivity index (χ0) is 21.3. The Kier molecular flexibility index (Phi) is 6.21. The van der Waals surface area contributed by atoms with Crippen LogP contribution >= 0.6 is 33.9 Å². The van der Waals surface area contributed by atoms with Crippen LogP contribution in [0, 0.1) is 9.39 Å². The molecule has 1 unspecified atom stereocenters. The predicted molar refractivity (Wildman–Crippen MR) is 120 cm³/mol. The molecule has 158 valence electrons. The van der Waals surface area contributed by atoms with Crippen LogP contribution in [0.5, 0.6) is 0 Å². The fraction of sp³-hybridized carbons (Fsp3) is 0.300. The minimum atomic E-state index is -0.665. The van der Waals surface area contributed by atoms with Gasteiger partial charge in [0.2, 0.25) is 0 Å². The summed E-state index contributed by atoms with van der Waals surface area (Å²) in [6.45, 7) is 4.16. The second kappa shape index (κ2) is 8.71. The number of amides is 1. The smallest absolute Gasteiger partial charge is 0.278 e. The average molecular weight is 543 g/mol. The van der Waals surface area contributed by atoms with E-state index in [1.165, 1.54) is 17.4 Å². The normalized spacial score (nSPS) is 17.9. The summed E-state index contributed by atoms with van der Waals surface area (Å²) in [7, 11) is 0. The first-order valence-corrected chi connectivity index (χ1v) is 11.1. The molecule has 1 amide bonds. The first kappa shape index (κ1) is 21.4. The molecule has 1 aromatic carbocycles. The standard InChI is InChI=1S/C20H19FIN3O4S/c1-20(2)27-9-12(29-20)10-28-25-17(26)16-13-4-3-7-23-18(13)30-19(16)24-15-6-5-11(22)8-14(15)21/h3-8,12,24H,9-10H2,1-2H3,(H,25,26). The summed E-state index contributed by atoms with van der Waals surface area (Å²) < 4.78 is 26.2. The summed E-state index contributed by atoms with van der Waals surface area (Å²) in [4.78, 5) is 23.2. The van der Waals surface area contributed by atoms with Crippen LogP contribution in [0.1, 0.15) is 24.2 Å².